The molecule has 0 N–H and O–H groups in total. The van der Waals surface area contributed by atoms with Gasteiger partial charge in [-0.05, 0) is 77.6 Å². The van der Waals surface area contributed by atoms with Gasteiger partial charge in [0, 0.05) is 72.0 Å². The normalized spacial score (nSPS) is 12.8. The summed E-state index contributed by atoms with van der Waals surface area (Å²) >= 11 is 0. The second-order valence-electron chi connectivity index (χ2n) is 17.9. The summed E-state index contributed by atoms with van der Waals surface area (Å²) < 4.78 is 15.1. The molecule has 1 unspecified atom stereocenters. The van der Waals surface area contributed by atoms with Crippen LogP contribution in [0.3, 0.4) is 0 Å². The number of fused-ring (bicyclic) bond motifs is 7. The first-order chi connectivity index (χ1) is 33.9. The fraction of sp³-hybridized carbons (Fsp3) is 0.0952. The van der Waals surface area contributed by atoms with Crippen molar-refractivity contribution >= 4 is 60.9 Å². The van der Waals surface area contributed by atoms with Crippen LogP contribution in [-0.2, 0) is 0 Å². The van der Waals surface area contributed by atoms with E-state index in [0.29, 0.717) is 17.5 Å². The van der Waals surface area contributed by atoms with Gasteiger partial charge in [-0.1, -0.05) is 179 Å². The van der Waals surface area contributed by atoms with Gasteiger partial charge >= 0.3 is 0 Å². The Kier molecular flexibility index (Phi) is 10.4. The Morgan fingerprint density at radius 1 is 0.507 bits per heavy atom. The van der Waals surface area contributed by atoms with Crippen LogP contribution in [0, 0.1) is 5.92 Å². The van der Waals surface area contributed by atoms with E-state index in [0.717, 1.165) is 111 Å². The molecule has 6 heteroatoms. The molecule has 0 spiro atoms. The first-order valence-corrected chi connectivity index (χ1v) is 23.8. The van der Waals surface area contributed by atoms with Crippen molar-refractivity contribution in [1.82, 2.24) is 19.5 Å². The molecule has 2 atom stereocenters. The lowest BCUT2D eigenvalue weighted by molar-refractivity contribution is 0.568. The van der Waals surface area contributed by atoms with Gasteiger partial charge in [0.25, 0.3) is 0 Å². The van der Waals surface area contributed by atoms with Crippen molar-refractivity contribution < 1.29 is 8.83 Å². The van der Waals surface area contributed by atoms with Crippen LogP contribution in [0.2, 0.25) is 0 Å². The average molecular weight is 893 g/mol. The van der Waals surface area contributed by atoms with Crippen LogP contribution in [0.15, 0.2) is 210 Å². The predicted octanol–water partition coefficient (Wildman–Crippen LogP) is 17.3. The molecule has 6 nitrogen and oxygen atoms in total. The highest BCUT2D eigenvalue weighted by molar-refractivity contribution is 6.13. The molecule has 0 aliphatic rings. The minimum absolute atomic E-state index is 0.129. The fourth-order valence-electron chi connectivity index (χ4n) is 10.2. The van der Waals surface area contributed by atoms with Crippen LogP contribution in [0.5, 0.6) is 0 Å². The number of hydrogen-bond acceptors (Lipinski definition) is 5. The monoisotopic (exact) mass is 892 g/mol. The third-order valence-corrected chi connectivity index (χ3v) is 13.7. The second-order valence-corrected chi connectivity index (χ2v) is 17.9. The number of para-hydroxylation sites is 3. The zero-order valence-electron chi connectivity index (χ0n) is 38.7. The Morgan fingerprint density at radius 2 is 1.07 bits per heavy atom. The number of benzene rings is 8. The maximum atomic E-state index is 6.34. The van der Waals surface area contributed by atoms with E-state index in [4.69, 9.17) is 23.8 Å². The first kappa shape index (κ1) is 41.8. The van der Waals surface area contributed by atoms with Crippen molar-refractivity contribution in [2.45, 2.75) is 33.1 Å². The van der Waals surface area contributed by atoms with Gasteiger partial charge in [0.15, 0.2) is 17.5 Å². The molecular weight excluding hydrogens is 845 g/mol. The van der Waals surface area contributed by atoms with Crippen LogP contribution in [-0.4, -0.2) is 19.5 Å². The molecule has 332 valence electrons. The molecule has 0 bridgehead atoms. The topological polar surface area (TPSA) is 69.9 Å². The van der Waals surface area contributed by atoms with Gasteiger partial charge in [0.1, 0.15) is 22.3 Å². The molecule has 0 saturated carbocycles. The summed E-state index contributed by atoms with van der Waals surface area (Å²) in [5, 5.41) is 5.50. The Morgan fingerprint density at radius 3 is 1.86 bits per heavy atom. The molecule has 0 saturated heterocycles. The van der Waals surface area contributed by atoms with E-state index < -0.39 is 0 Å². The van der Waals surface area contributed by atoms with Gasteiger partial charge in [-0.15, -0.1) is 0 Å². The Balaban J connectivity index is 1.06. The molecule has 0 radical (unpaired) electrons. The number of furan rings is 2. The summed E-state index contributed by atoms with van der Waals surface area (Å²) in [5.41, 5.74) is 15.0. The van der Waals surface area contributed by atoms with Crippen molar-refractivity contribution in [2.24, 2.45) is 5.92 Å². The van der Waals surface area contributed by atoms with Crippen LogP contribution >= 0.6 is 0 Å². The largest absolute Gasteiger partial charge is 0.456 e. The van der Waals surface area contributed by atoms with E-state index in [2.05, 4.69) is 159 Å². The molecule has 69 heavy (non-hydrogen) atoms. The first-order valence-electron chi connectivity index (χ1n) is 23.8. The molecule has 4 aromatic heterocycles. The SMILES string of the molecule is C=Cc1c([C@H](C)C(C)/C=C\CC)n(-c2cccc(-c3nc(-c4ccccc4)nc(-c4ccc5c(c4)oc4ccccc45)n3)c2)c2c(-c3cccc(-c4cccc5oc6ccccc6c45)c3)cccc12. The highest BCUT2D eigenvalue weighted by atomic mass is 16.3. The van der Waals surface area contributed by atoms with Crippen LogP contribution < -0.4 is 0 Å². The summed E-state index contributed by atoms with van der Waals surface area (Å²) in [6.45, 7) is 11.3. The average Bonchev–Trinajstić information content (AvgIpc) is 4.09. The lowest BCUT2D eigenvalue weighted by atomic mass is 9.89. The third kappa shape index (κ3) is 7.24. The lowest BCUT2D eigenvalue weighted by Crippen LogP contribution is -2.11. The summed E-state index contributed by atoms with van der Waals surface area (Å²) in [4.78, 5) is 15.5. The molecule has 0 fully saturated rings. The number of hydrogen-bond donors (Lipinski definition) is 0. The molecule has 12 aromatic rings. The quantitative estimate of drug-likeness (QED) is 0.121. The standard InChI is InChI=1S/C63H48N4O2/c1-5-7-19-39(3)40(4)59-47(6-2)52-30-17-29-49(43-23-15-22-42(36-43)48-28-18-33-56-58(48)53-27-12-14-32-55(53)68-56)60(52)67(59)46-25-16-24-44(37-46)62-64-61(41-20-9-8-10-21-41)65-63(66-62)45-34-35-51-50-26-11-13-31-54(50)69-57(51)38-45/h6-40H,2,5H2,1,3-4H3/b19-7-/t39?,40-/m1/s1. The smallest absolute Gasteiger partial charge is 0.164 e. The second kappa shape index (κ2) is 17.2. The highest BCUT2D eigenvalue weighted by Gasteiger charge is 2.27. The van der Waals surface area contributed by atoms with Gasteiger partial charge in [-0.2, -0.15) is 0 Å². The third-order valence-electron chi connectivity index (χ3n) is 13.7. The van der Waals surface area contributed by atoms with E-state index in [1.807, 2.05) is 72.8 Å². The molecule has 8 aromatic carbocycles. The molecule has 0 amide bonds. The van der Waals surface area contributed by atoms with Gasteiger partial charge in [-0.25, -0.2) is 15.0 Å². The van der Waals surface area contributed by atoms with Crippen molar-refractivity contribution in [1.29, 1.82) is 0 Å². The Labute approximate surface area is 400 Å². The van der Waals surface area contributed by atoms with Gasteiger partial charge < -0.3 is 13.4 Å². The summed E-state index contributed by atoms with van der Waals surface area (Å²) in [6.07, 6.45) is 7.64. The molecule has 4 heterocycles. The number of aromatic nitrogens is 4. The summed E-state index contributed by atoms with van der Waals surface area (Å²) in [7, 11) is 0. The van der Waals surface area contributed by atoms with Gasteiger partial charge in [0.05, 0.1) is 5.52 Å². The number of allylic oxidation sites excluding steroid dienone is 2. The molecule has 0 aliphatic carbocycles. The number of rotatable bonds is 11. The zero-order valence-corrected chi connectivity index (χ0v) is 38.7. The Bertz CT molecular complexity index is 3960. The van der Waals surface area contributed by atoms with E-state index in [-0.39, 0.29) is 11.8 Å². The van der Waals surface area contributed by atoms with Crippen LogP contribution in [0.25, 0.3) is 123 Å². The van der Waals surface area contributed by atoms with Crippen molar-refractivity contribution in [3.63, 3.8) is 0 Å². The maximum Gasteiger partial charge on any atom is 0.164 e. The summed E-state index contributed by atoms with van der Waals surface area (Å²) in [6, 6.07) is 63.3. The minimum atomic E-state index is 0.129. The van der Waals surface area contributed by atoms with Crippen molar-refractivity contribution in [2.75, 3.05) is 0 Å². The predicted molar refractivity (Wildman–Crippen MR) is 285 cm³/mol. The minimum Gasteiger partial charge on any atom is -0.456 e. The van der Waals surface area contributed by atoms with E-state index in [1.165, 1.54) is 5.69 Å². The van der Waals surface area contributed by atoms with E-state index >= 15 is 0 Å². The zero-order chi connectivity index (χ0) is 46.6. The molecular formula is C63H48N4O2. The summed E-state index contributed by atoms with van der Waals surface area (Å²) in [5.74, 6) is 2.12. The fourth-order valence-corrected chi connectivity index (χ4v) is 10.2. The lowest BCUT2D eigenvalue weighted by Gasteiger charge is -2.22. The highest BCUT2D eigenvalue weighted by Crippen LogP contribution is 2.44. The Hall–Kier alpha value is -8.61. The van der Waals surface area contributed by atoms with Crippen molar-refractivity contribution in [3.05, 3.63) is 212 Å². The van der Waals surface area contributed by atoms with Crippen LogP contribution in [0.1, 0.15) is 44.4 Å². The van der Waals surface area contributed by atoms with Crippen molar-refractivity contribution in [3.8, 4) is 62.1 Å². The van der Waals surface area contributed by atoms with Gasteiger partial charge in [-0.3, -0.25) is 0 Å². The maximum absolute atomic E-state index is 6.34. The van der Waals surface area contributed by atoms with E-state index in [1.54, 1.807) is 0 Å². The number of nitrogens with zero attached hydrogens (tertiary/aromatic N) is 4. The van der Waals surface area contributed by atoms with Crippen LogP contribution in [0.4, 0.5) is 0 Å². The van der Waals surface area contributed by atoms with E-state index in [9.17, 15) is 0 Å². The molecule has 0 aliphatic heterocycles. The molecule has 12 rings (SSSR count). The van der Waals surface area contributed by atoms with Gasteiger partial charge in [0.2, 0.25) is 0 Å².